The molecule has 0 radical (unpaired) electrons. The molecular formula is C24H25ClN2O4S. The number of carbonyl (C=O) groups excluding carboxylic acids is 1. The fourth-order valence-corrected chi connectivity index (χ4v) is 4.21. The molecule has 0 spiro atoms. The fourth-order valence-electron chi connectivity index (χ4n) is 2.96. The van der Waals surface area contributed by atoms with Crippen molar-refractivity contribution in [3.05, 3.63) is 82.9 Å². The molecule has 0 aliphatic carbocycles. The second kappa shape index (κ2) is 9.22. The van der Waals surface area contributed by atoms with Crippen LogP contribution >= 0.6 is 11.6 Å². The minimum atomic E-state index is -3.90. The lowest BCUT2D eigenvalue weighted by Gasteiger charge is -2.19. The highest BCUT2D eigenvalue weighted by atomic mass is 35.5. The first-order chi connectivity index (χ1) is 15.0. The number of anilines is 2. The van der Waals surface area contributed by atoms with Crippen molar-refractivity contribution in [2.45, 2.75) is 31.1 Å². The summed E-state index contributed by atoms with van der Waals surface area (Å²) in [6.45, 7) is 6.27. The SMILES string of the molecule is COc1ccc(NS(=O)(=O)c2ccc(Cl)c(NC(=O)c3ccc(C(C)(C)C)cc3)c2)cc1. The van der Waals surface area contributed by atoms with Gasteiger partial charge in [0.1, 0.15) is 5.75 Å². The summed E-state index contributed by atoms with van der Waals surface area (Å²) in [5.41, 5.74) is 2.10. The number of benzene rings is 3. The van der Waals surface area contributed by atoms with Gasteiger partial charge < -0.3 is 10.1 Å². The van der Waals surface area contributed by atoms with Gasteiger partial charge in [0.25, 0.3) is 15.9 Å². The maximum absolute atomic E-state index is 12.8. The van der Waals surface area contributed by atoms with Crippen molar-refractivity contribution in [2.75, 3.05) is 17.1 Å². The van der Waals surface area contributed by atoms with Crippen molar-refractivity contribution < 1.29 is 17.9 Å². The van der Waals surface area contributed by atoms with Gasteiger partial charge in [0.2, 0.25) is 0 Å². The topological polar surface area (TPSA) is 84.5 Å². The van der Waals surface area contributed by atoms with E-state index in [4.69, 9.17) is 16.3 Å². The van der Waals surface area contributed by atoms with Crippen LogP contribution in [0.5, 0.6) is 5.75 Å². The predicted octanol–water partition coefficient (Wildman–Crippen LogP) is 5.70. The molecule has 0 heterocycles. The van der Waals surface area contributed by atoms with Crippen LogP contribution < -0.4 is 14.8 Å². The van der Waals surface area contributed by atoms with E-state index in [1.165, 1.54) is 25.3 Å². The molecule has 0 unspecified atom stereocenters. The van der Waals surface area contributed by atoms with E-state index in [0.29, 0.717) is 17.0 Å². The number of ether oxygens (including phenoxy) is 1. The van der Waals surface area contributed by atoms with Crippen LogP contribution in [0.4, 0.5) is 11.4 Å². The summed E-state index contributed by atoms with van der Waals surface area (Å²) in [7, 11) is -2.37. The molecule has 0 saturated carbocycles. The predicted molar refractivity (Wildman–Crippen MR) is 128 cm³/mol. The largest absolute Gasteiger partial charge is 0.497 e. The lowest BCUT2D eigenvalue weighted by atomic mass is 9.87. The standard InChI is InChI=1S/C24H25ClN2O4S/c1-24(2,3)17-7-5-16(6-8-17)23(28)26-22-15-20(13-14-21(22)25)32(29,30)27-18-9-11-19(31-4)12-10-18/h5-15,27H,1-4H3,(H,26,28). The Morgan fingerprint density at radius 1 is 0.938 bits per heavy atom. The molecule has 0 bridgehead atoms. The number of halogens is 1. The van der Waals surface area contributed by atoms with Crippen LogP contribution in [0.25, 0.3) is 0 Å². The van der Waals surface area contributed by atoms with Gasteiger partial charge in [0.05, 0.1) is 22.7 Å². The highest BCUT2D eigenvalue weighted by Crippen LogP contribution is 2.28. The summed E-state index contributed by atoms with van der Waals surface area (Å²) in [5.74, 6) is 0.227. The van der Waals surface area contributed by atoms with Gasteiger partial charge in [-0.1, -0.05) is 44.5 Å². The normalized spacial score (nSPS) is 11.7. The van der Waals surface area contributed by atoms with E-state index in [0.717, 1.165) is 5.56 Å². The van der Waals surface area contributed by atoms with Gasteiger partial charge in [0.15, 0.2) is 0 Å². The molecule has 2 N–H and O–H groups in total. The molecule has 0 aliphatic rings. The zero-order valence-electron chi connectivity index (χ0n) is 18.3. The second-order valence-corrected chi connectivity index (χ2v) is 10.3. The third kappa shape index (κ3) is 5.60. The van der Waals surface area contributed by atoms with Gasteiger partial charge in [-0.2, -0.15) is 0 Å². The van der Waals surface area contributed by atoms with Gasteiger partial charge in [-0.05, 0) is 65.6 Å². The fraction of sp³-hybridized carbons (Fsp3) is 0.208. The van der Waals surface area contributed by atoms with E-state index < -0.39 is 10.0 Å². The van der Waals surface area contributed by atoms with E-state index in [9.17, 15) is 13.2 Å². The minimum Gasteiger partial charge on any atom is -0.497 e. The van der Waals surface area contributed by atoms with E-state index in [2.05, 4.69) is 30.8 Å². The van der Waals surface area contributed by atoms with Crippen molar-refractivity contribution in [1.29, 1.82) is 0 Å². The first-order valence-corrected chi connectivity index (χ1v) is 11.7. The van der Waals surface area contributed by atoms with Crippen molar-refractivity contribution in [2.24, 2.45) is 0 Å². The molecule has 3 aromatic rings. The number of rotatable bonds is 6. The average molecular weight is 473 g/mol. The molecular weight excluding hydrogens is 448 g/mol. The molecule has 3 rings (SSSR count). The van der Waals surface area contributed by atoms with Gasteiger partial charge in [-0.25, -0.2) is 8.42 Å². The summed E-state index contributed by atoms with van der Waals surface area (Å²) in [4.78, 5) is 12.7. The maximum Gasteiger partial charge on any atom is 0.261 e. The smallest absolute Gasteiger partial charge is 0.261 e. The number of nitrogens with one attached hydrogen (secondary N) is 2. The molecule has 0 fully saturated rings. The van der Waals surface area contributed by atoms with Crippen molar-refractivity contribution in [3.63, 3.8) is 0 Å². The number of hydrogen-bond donors (Lipinski definition) is 2. The average Bonchev–Trinajstić information content (AvgIpc) is 2.75. The lowest BCUT2D eigenvalue weighted by molar-refractivity contribution is 0.102. The summed E-state index contributed by atoms with van der Waals surface area (Å²) in [6.07, 6.45) is 0. The summed E-state index contributed by atoms with van der Waals surface area (Å²) < 4.78 is 33.2. The Kier molecular flexibility index (Phi) is 6.81. The van der Waals surface area contributed by atoms with Crippen LogP contribution in [0.15, 0.2) is 71.6 Å². The molecule has 8 heteroatoms. The highest BCUT2D eigenvalue weighted by Gasteiger charge is 2.18. The Morgan fingerprint density at radius 2 is 1.56 bits per heavy atom. The Morgan fingerprint density at radius 3 is 2.12 bits per heavy atom. The van der Waals surface area contributed by atoms with Crippen molar-refractivity contribution >= 4 is 38.9 Å². The zero-order valence-corrected chi connectivity index (χ0v) is 19.8. The van der Waals surface area contributed by atoms with Crippen LogP contribution in [-0.2, 0) is 15.4 Å². The number of carbonyl (C=O) groups is 1. The quantitative estimate of drug-likeness (QED) is 0.482. The van der Waals surface area contributed by atoms with Gasteiger partial charge in [-0.3, -0.25) is 9.52 Å². The van der Waals surface area contributed by atoms with Crippen LogP contribution in [0.3, 0.4) is 0 Å². The van der Waals surface area contributed by atoms with Gasteiger partial charge in [-0.15, -0.1) is 0 Å². The van der Waals surface area contributed by atoms with Crippen LogP contribution in [0, 0.1) is 0 Å². The van der Waals surface area contributed by atoms with E-state index >= 15 is 0 Å². The monoisotopic (exact) mass is 472 g/mol. The molecule has 0 saturated heterocycles. The maximum atomic E-state index is 12.8. The molecule has 0 aliphatic heterocycles. The van der Waals surface area contributed by atoms with Crippen LogP contribution in [0.1, 0.15) is 36.7 Å². The van der Waals surface area contributed by atoms with Gasteiger partial charge >= 0.3 is 0 Å². The summed E-state index contributed by atoms with van der Waals surface area (Å²) >= 11 is 6.21. The number of hydrogen-bond acceptors (Lipinski definition) is 4. The first-order valence-electron chi connectivity index (χ1n) is 9.88. The zero-order chi connectivity index (χ0) is 23.5. The highest BCUT2D eigenvalue weighted by molar-refractivity contribution is 7.92. The Bertz CT molecular complexity index is 1220. The number of methoxy groups -OCH3 is 1. The van der Waals surface area contributed by atoms with Crippen molar-refractivity contribution in [3.8, 4) is 5.75 Å². The summed E-state index contributed by atoms with van der Waals surface area (Å²) in [5, 5.41) is 2.93. The Balaban J connectivity index is 1.80. The van der Waals surface area contributed by atoms with E-state index in [1.807, 2.05) is 12.1 Å². The molecule has 0 aromatic heterocycles. The van der Waals surface area contributed by atoms with E-state index in [-0.39, 0.29) is 26.9 Å². The van der Waals surface area contributed by atoms with Crippen LogP contribution in [-0.4, -0.2) is 21.4 Å². The van der Waals surface area contributed by atoms with Gasteiger partial charge in [0, 0.05) is 11.3 Å². The first kappa shape index (κ1) is 23.6. The molecule has 3 aromatic carbocycles. The van der Waals surface area contributed by atoms with Crippen LogP contribution in [0.2, 0.25) is 5.02 Å². The Labute approximate surface area is 193 Å². The van der Waals surface area contributed by atoms with Crippen molar-refractivity contribution in [1.82, 2.24) is 0 Å². The molecule has 0 atom stereocenters. The molecule has 1 amide bonds. The number of amides is 1. The second-order valence-electron chi connectivity index (χ2n) is 8.26. The molecule has 6 nitrogen and oxygen atoms in total. The summed E-state index contributed by atoms with van der Waals surface area (Å²) in [6, 6.07) is 17.9. The minimum absolute atomic E-state index is 0.0299. The molecule has 168 valence electrons. The third-order valence-electron chi connectivity index (χ3n) is 4.85. The third-order valence-corrected chi connectivity index (χ3v) is 6.56. The Hall–Kier alpha value is -3.03. The van der Waals surface area contributed by atoms with E-state index in [1.54, 1.807) is 36.4 Å². The lowest BCUT2D eigenvalue weighted by Crippen LogP contribution is -2.16. The molecule has 32 heavy (non-hydrogen) atoms. The number of sulfonamides is 1.